The second-order valence-corrected chi connectivity index (χ2v) is 7.37. The molecule has 5 aromatic rings. The molecule has 0 atom stereocenters. The lowest BCUT2D eigenvalue weighted by atomic mass is 10.1. The van der Waals surface area contributed by atoms with Gasteiger partial charge in [0.25, 0.3) is 5.56 Å². The second kappa shape index (κ2) is 6.38. The lowest BCUT2D eigenvalue weighted by Gasteiger charge is -2.08. The van der Waals surface area contributed by atoms with Crippen molar-refractivity contribution < 1.29 is 0 Å². The standard InChI is InChI=1S/C21H14BrN5O/c1-13-19(14-2-4-15(22)5-3-14)20-24-12-17-18(27(20)25-13)8-11-26(21(17)28)16-6-9-23-10-7-16/h2-12H,1H3. The van der Waals surface area contributed by atoms with E-state index in [-0.39, 0.29) is 5.56 Å². The van der Waals surface area contributed by atoms with E-state index in [9.17, 15) is 4.79 Å². The molecule has 6 nitrogen and oxygen atoms in total. The summed E-state index contributed by atoms with van der Waals surface area (Å²) < 4.78 is 4.35. The number of aryl methyl sites for hydroxylation is 1. The van der Waals surface area contributed by atoms with Crippen molar-refractivity contribution in [2.75, 3.05) is 0 Å². The van der Waals surface area contributed by atoms with E-state index in [0.717, 1.165) is 38.1 Å². The molecule has 0 saturated carbocycles. The molecule has 0 unspecified atom stereocenters. The van der Waals surface area contributed by atoms with Crippen LogP contribution in [0.15, 0.2) is 76.5 Å². The van der Waals surface area contributed by atoms with Gasteiger partial charge in [0.1, 0.15) is 0 Å². The Labute approximate surface area is 168 Å². The number of benzene rings is 1. The molecule has 0 aliphatic carbocycles. The van der Waals surface area contributed by atoms with E-state index >= 15 is 0 Å². The van der Waals surface area contributed by atoms with Gasteiger partial charge in [0, 0.05) is 34.8 Å². The molecule has 0 amide bonds. The molecule has 0 saturated heterocycles. The molecule has 0 radical (unpaired) electrons. The van der Waals surface area contributed by atoms with Crippen LogP contribution in [0.5, 0.6) is 0 Å². The van der Waals surface area contributed by atoms with Gasteiger partial charge >= 0.3 is 0 Å². The summed E-state index contributed by atoms with van der Waals surface area (Å²) in [6, 6.07) is 13.5. The first-order chi connectivity index (χ1) is 13.6. The van der Waals surface area contributed by atoms with Gasteiger partial charge in [0.05, 0.1) is 22.3 Å². The zero-order chi connectivity index (χ0) is 19.3. The van der Waals surface area contributed by atoms with Gasteiger partial charge < -0.3 is 0 Å². The summed E-state index contributed by atoms with van der Waals surface area (Å²) in [6.07, 6.45) is 6.72. The minimum absolute atomic E-state index is 0.142. The molecular formula is C21H14BrN5O. The highest BCUT2D eigenvalue weighted by atomic mass is 79.9. The van der Waals surface area contributed by atoms with Gasteiger partial charge in [-0.05, 0) is 42.8 Å². The summed E-state index contributed by atoms with van der Waals surface area (Å²) in [4.78, 5) is 21.6. The first-order valence-electron chi connectivity index (χ1n) is 8.69. The Morgan fingerprint density at radius 1 is 1.00 bits per heavy atom. The van der Waals surface area contributed by atoms with Gasteiger partial charge in [-0.2, -0.15) is 5.10 Å². The normalized spacial score (nSPS) is 11.4. The summed E-state index contributed by atoms with van der Waals surface area (Å²) in [7, 11) is 0. The third-order valence-corrected chi connectivity index (χ3v) is 5.29. The van der Waals surface area contributed by atoms with Gasteiger partial charge in [-0.25, -0.2) is 9.50 Å². The number of nitrogens with zero attached hydrogens (tertiary/aromatic N) is 5. The van der Waals surface area contributed by atoms with E-state index in [4.69, 9.17) is 0 Å². The predicted octanol–water partition coefficient (Wildman–Crippen LogP) is 4.17. The second-order valence-electron chi connectivity index (χ2n) is 6.46. The number of hydrogen-bond donors (Lipinski definition) is 0. The number of rotatable bonds is 2. The van der Waals surface area contributed by atoms with E-state index in [1.54, 1.807) is 46.0 Å². The highest BCUT2D eigenvalue weighted by Crippen LogP contribution is 2.29. The quantitative estimate of drug-likeness (QED) is 0.420. The van der Waals surface area contributed by atoms with Crippen molar-refractivity contribution in [1.82, 2.24) is 24.1 Å². The maximum absolute atomic E-state index is 13.0. The first-order valence-corrected chi connectivity index (χ1v) is 9.49. The topological polar surface area (TPSA) is 65.1 Å². The van der Waals surface area contributed by atoms with Crippen LogP contribution in [-0.4, -0.2) is 24.1 Å². The number of aromatic nitrogens is 5. The molecular weight excluding hydrogens is 418 g/mol. The third-order valence-electron chi connectivity index (χ3n) is 4.76. The van der Waals surface area contributed by atoms with Crippen LogP contribution >= 0.6 is 15.9 Å². The van der Waals surface area contributed by atoms with E-state index < -0.39 is 0 Å². The number of pyridine rings is 2. The fraction of sp³-hybridized carbons (Fsp3) is 0.0476. The van der Waals surface area contributed by atoms with Crippen LogP contribution in [0.3, 0.4) is 0 Å². The van der Waals surface area contributed by atoms with Gasteiger partial charge in [-0.15, -0.1) is 0 Å². The zero-order valence-corrected chi connectivity index (χ0v) is 16.5. The maximum atomic E-state index is 13.0. The highest BCUT2D eigenvalue weighted by Gasteiger charge is 2.16. The van der Waals surface area contributed by atoms with E-state index in [2.05, 4.69) is 31.0 Å². The van der Waals surface area contributed by atoms with E-state index in [1.165, 1.54) is 0 Å². The summed E-state index contributed by atoms with van der Waals surface area (Å²) in [5, 5.41) is 5.18. The lowest BCUT2D eigenvalue weighted by molar-refractivity contribution is 0.939. The molecule has 5 rings (SSSR count). The van der Waals surface area contributed by atoms with Crippen LogP contribution < -0.4 is 5.56 Å². The van der Waals surface area contributed by atoms with Crippen LogP contribution in [0.25, 0.3) is 33.4 Å². The van der Waals surface area contributed by atoms with Crippen molar-refractivity contribution in [1.29, 1.82) is 0 Å². The Morgan fingerprint density at radius 3 is 2.50 bits per heavy atom. The van der Waals surface area contributed by atoms with Crippen LogP contribution in [0.1, 0.15) is 5.69 Å². The fourth-order valence-corrected chi connectivity index (χ4v) is 3.70. The van der Waals surface area contributed by atoms with Gasteiger partial charge in [-0.3, -0.25) is 14.3 Å². The van der Waals surface area contributed by atoms with Crippen molar-refractivity contribution in [3.63, 3.8) is 0 Å². The monoisotopic (exact) mass is 431 g/mol. The Bertz CT molecular complexity index is 1390. The molecule has 0 spiro atoms. The zero-order valence-electron chi connectivity index (χ0n) is 14.9. The summed E-state index contributed by atoms with van der Waals surface area (Å²) in [5.41, 5.74) is 4.94. The maximum Gasteiger partial charge on any atom is 0.266 e. The van der Waals surface area contributed by atoms with Crippen molar-refractivity contribution >= 4 is 32.5 Å². The highest BCUT2D eigenvalue weighted by molar-refractivity contribution is 9.10. The molecule has 7 heteroatoms. The average Bonchev–Trinajstić information content (AvgIpc) is 3.06. The Hall–Kier alpha value is -3.32. The first kappa shape index (κ1) is 16.8. The number of halogens is 1. The van der Waals surface area contributed by atoms with Gasteiger partial charge in [0.2, 0.25) is 0 Å². The van der Waals surface area contributed by atoms with Gasteiger partial charge in [-0.1, -0.05) is 28.1 Å². The van der Waals surface area contributed by atoms with E-state index in [1.807, 2.05) is 37.3 Å². The molecule has 136 valence electrons. The molecule has 4 heterocycles. The number of fused-ring (bicyclic) bond motifs is 3. The molecule has 0 bridgehead atoms. The number of hydrogen-bond acceptors (Lipinski definition) is 4. The van der Waals surface area contributed by atoms with Crippen LogP contribution in [0.2, 0.25) is 0 Å². The molecule has 0 fully saturated rings. The van der Waals surface area contributed by atoms with E-state index in [0.29, 0.717) is 5.39 Å². The summed E-state index contributed by atoms with van der Waals surface area (Å²) in [5.74, 6) is 0. The molecule has 4 aromatic heterocycles. The Kier molecular flexibility index (Phi) is 3.84. The summed E-state index contributed by atoms with van der Waals surface area (Å²) in [6.45, 7) is 1.95. The minimum Gasteiger partial charge on any atom is -0.284 e. The predicted molar refractivity (Wildman–Crippen MR) is 112 cm³/mol. The Balaban J connectivity index is 1.78. The average molecular weight is 432 g/mol. The third kappa shape index (κ3) is 2.55. The fourth-order valence-electron chi connectivity index (χ4n) is 3.44. The van der Waals surface area contributed by atoms with Crippen molar-refractivity contribution in [2.24, 2.45) is 0 Å². The molecule has 0 aliphatic rings. The molecule has 0 N–H and O–H groups in total. The summed E-state index contributed by atoms with van der Waals surface area (Å²) >= 11 is 3.47. The minimum atomic E-state index is -0.142. The Morgan fingerprint density at radius 2 is 1.75 bits per heavy atom. The largest absolute Gasteiger partial charge is 0.284 e. The molecule has 0 aliphatic heterocycles. The van der Waals surface area contributed by atoms with Crippen molar-refractivity contribution in [2.45, 2.75) is 6.92 Å². The van der Waals surface area contributed by atoms with Crippen LogP contribution in [0.4, 0.5) is 0 Å². The van der Waals surface area contributed by atoms with Crippen LogP contribution in [-0.2, 0) is 0 Å². The van der Waals surface area contributed by atoms with Crippen LogP contribution in [0, 0.1) is 6.92 Å². The van der Waals surface area contributed by atoms with Crippen molar-refractivity contribution in [3.8, 4) is 16.8 Å². The molecule has 28 heavy (non-hydrogen) atoms. The SMILES string of the molecule is Cc1nn2c(ncc3c(=O)n(-c4ccncc4)ccc32)c1-c1ccc(Br)cc1. The lowest BCUT2D eigenvalue weighted by Crippen LogP contribution is -2.18. The molecule has 1 aromatic carbocycles. The van der Waals surface area contributed by atoms with Crippen molar-refractivity contribution in [3.05, 3.63) is 87.8 Å². The van der Waals surface area contributed by atoms with Gasteiger partial charge in [0.15, 0.2) is 5.65 Å². The smallest absolute Gasteiger partial charge is 0.266 e.